The van der Waals surface area contributed by atoms with Crippen LogP contribution in [0.3, 0.4) is 0 Å². The molecular weight excluding hydrogens is 170 g/mol. The van der Waals surface area contributed by atoms with Crippen LogP contribution >= 0.6 is 0 Å². The second-order valence-electron chi connectivity index (χ2n) is 3.10. The second kappa shape index (κ2) is 5.94. The number of rotatable bonds is 6. The van der Waals surface area contributed by atoms with Gasteiger partial charge in [-0.25, -0.2) is 0 Å². The zero-order valence-corrected chi connectivity index (χ0v) is 8.04. The summed E-state index contributed by atoms with van der Waals surface area (Å²) in [5.41, 5.74) is 0. The number of ether oxygens (including phenoxy) is 2. The zero-order valence-electron chi connectivity index (χ0n) is 8.04. The third kappa shape index (κ3) is 4.24. The first-order valence-corrected chi connectivity index (χ1v) is 4.77. The minimum Gasteiger partial charge on any atom is -0.382 e. The minimum absolute atomic E-state index is 0.105. The Labute approximate surface area is 78.6 Å². The molecule has 0 aromatic rings. The van der Waals surface area contributed by atoms with Gasteiger partial charge in [-0.1, -0.05) is 0 Å². The van der Waals surface area contributed by atoms with Gasteiger partial charge in [-0.15, -0.1) is 0 Å². The summed E-state index contributed by atoms with van der Waals surface area (Å²) in [6.45, 7) is 4.67. The lowest BCUT2D eigenvalue weighted by molar-refractivity contribution is -0.125. The van der Waals surface area contributed by atoms with Crippen molar-refractivity contribution in [2.75, 3.05) is 26.4 Å². The van der Waals surface area contributed by atoms with E-state index < -0.39 is 0 Å². The van der Waals surface area contributed by atoms with E-state index in [4.69, 9.17) is 9.47 Å². The largest absolute Gasteiger partial charge is 0.382 e. The summed E-state index contributed by atoms with van der Waals surface area (Å²) in [4.78, 5) is 11.2. The molecule has 1 rings (SSSR count). The second-order valence-corrected chi connectivity index (χ2v) is 3.10. The molecule has 0 spiro atoms. The Bertz CT molecular complexity index is 157. The fourth-order valence-corrected chi connectivity index (χ4v) is 1.10. The van der Waals surface area contributed by atoms with Crippen molar-refractivity contribution in [3.05, 3.63) is 0 Å². The summed E-state index contributed by atoms with van der Waals surface area (Å²) in [6.07, 6.45) is 1.35. The summed E-state index contributed by atoms with van der Waals surface area (Å²) in [7, 11) is 0. The number of carbonyl (C=O) groups excluding carboxylic acids is 1. The van der Waals surface area contributed by atoms with Crippen molar-refractivity contribution in [3.8, 4) is 0 Å². The quantitative estimate of drug-likeness (QED) is 0.609. The van der Waals surface area contributed by atoms with E-state index in [1.807, 2.05) is 6.92 Å². The lowest BCUT2D eigenvalue weighted by Crippen LogP contribution is -2.48. The summed E-state index contributed by atoms with van der Waals surface area (Å²) in [5.74, 6) is 0.105. The molecule has 1 heterocycles. The number of nitrogens with one attached hydrogen (secondary N) is 1. The van der Waals surface area contributed by atoms with Crippen LogP contribution in [0.15, 0.2) is 0 Å². The van der Waals surface area contributed by atoms with Crippen molar-refractivity contribution < 1.29 is 14.3 Å². The highest BCUT2D eigenvalue weighted by molar-refractivity contribution is 5.76. The molecule has 76 valence electrons. The van der Waals surface area contributed by atoms with Crippen LogP contribution in [0.1, 0.15) is 19.8 Å². The first kappa shape index (κ1) is 10.5. The van der Waals surface area contributed by atoms with Crippen molar-refractivity contribution in [1.82, 2.24) is 5.32 Å². The van der Waals surface area contributed by atoms with Gasteiger partial charge in [-0.3, -0.25) is 4.79 Å². The molecule has 0 saturated carbocycles. The first-order valence-electron chi connectivity index (χ1n) is 4.77. The molecule has 0 radical (unpaired) electrons. The summed E-state index contributed by atoms with van der Waals surface area (Å²) in [6, 6.07) is 0.250. The van der Waals surface area contributed by atoms with Crippen LogP contribution in [0.4, 0.5) is 0 Å². The Morgan fingerprint density at radius 1 is 1.62 bits per heavy atom. The number of hydrogen-bond donors (Lipinski definition) is 1. The highest BCUT2D eigenvalue weighted by atomic mass is 16.5. The van der Waals surface area contributed by atoms with E-state index in [0.29, 0.717) is 26.2 Å². The number of amides is 1. The predicted octanol–water partition coefficient (Wildman–Crippen LogP) is 0.318. The van der Waals surface area contributed by atoms with E-state index in [2.05, 4.69) is 5.32 Å². The Balaban J connectivity index is 1.91. The van der Waals surface area contributed by atoms with Crippen LogP contribution in [0.25, 0.3) is 0 Å². The van der Waals surface area contributed by atoms with Crippen LogP contribution in [-0.4, -0.2) is 38.4 Å². The normalized spacial score (nSPS) is 16.7. The van der Waals surface area contributed by atoms with E-state index in [0.717, 1.165) is 13.0 Å². The molecule has 4 nitrogen and oxygen atoms in total. The van der Waals surface area contributed by atoms with E-state index in [1.165, 1.54) is 0 Å². The molecule has 1 aliphatic heterocycles. The molecule has 0 aliphatic carbocycles. The first-order chi connectivity index (χ1) is 6.33. The summed E-state index contributed by atoms with van der Waals surface area (Å²) < 4.78 is 10.1. The van der Waals surface area contributed by atoms with Gasteiger partial charge in [0.05, 0.1) is 19.3 Å². The highest BCUT2D eigenvalue weighted by Gasteiger charge is 2.19. The molecule has 1 fully saturated rings. The van der Waals surface area contributed by atoms with Crippen molar-refractivity contribution in [2.24, 2.45) is 0 Å². The number of carbonyl (C=O) groups is 1. The van der Waals surface area contributed by atoms with Gasteiger partial charge in [-0.2, -0.15) is 0 Å². The standard InChI is InChI=1S/C9H17NO3/c1-2-12-5-3-4-9(11)10-8-6-13-7-8/h8H,2-7H2,1H3,(H,10,11). The van der Waals surface area contributed by atoms with Gasteiger partial charge in [0, 0.05) is 19.6 Å². The van der Waals surface area contributed by atoms with Gasteiger partial charge >= 0.3 is 0 Å². The molecule has 1 N–H and O–H groups in total. The average Bonchev–Trinajstić information content (AvgIpc) is 2.06. The third-order valence-electron chi connectivity index (χ3n) is 1.90. The van der Waals surface area contributed by atoms with E-state index >= 15 is 0 Å². The SMILES string of the molecule is CCOCCCC(=O)NC1COC1. The van der Waals surface area contributed by atoms with Crippen LogP contribution < -0.4 is 5.32 Å². The van der Waals surface area contributed by atoms with Gasteiger partial charge in [-0.05, 0) is 13.3 Å². The lowest BCUT2D eigenvalue weighted by Gasteiger charge is -2.26. The monoisotopic (exact) mass is 187 g/mol. The third-order valence-corrected chi connectivity index (χ3v) is 1.90. The maximum absolute atomic E-state index is 11.2. The Morgan fingerprint density at radius 2 is 2.38 bits per heavy atom. The van der Waals surface area contributed by atoms with E-state index in [-0.39, 0.29) is 11.9 Å². The molecule has 0 unspecified atom stereocenters. The summed E-state index contributed by atoms with van der Waals surface area (Å²) in [5, 5.41) is 2.87. The molecule has 1 aliphatic rings. The van der Waals surface area contributed by atoms with Crippen molar-refractivity contribution in [3.63, 3.8) is 0 Å². The average molecular weight is 187 g/mol. The maximum atomic E-state index is 11.2. The molecule has 0 bridgehead atoms. The van der Waals surface area contributed by atoms with E-state index in [9.17, 15) is 4.79 Å². The topological polar surface area (TPSA) is 47.6 Å². The molecule has 0 aromatic heterocycles. The van der Waals surface area contributed by atoms with Crippen LogP contribution in [-0.2, 0) is 14.3 Å². The fourth-order valence-electron chi connectivity index (χ4n) is 1.10. The Morgan fingerprint density at radius 3 is 2.92 bits per heavy atom. The summed E-state index contributed by atoms with van der Waals surface area (Å²) >= 11 is 0. The molecular formula is C9H17NO3. The lowest BCUT2D eigenvalue weighted by atomic mass is 10.2. The van der Waals surface area contributed by atoms with Crippen LogP contribution in [0.5, 0.6) is 0 Å². The number of hydrogen-bond acceptors (Lipinski definition) is 3. The van der Waals surface area contributed by atoms with Crippen molar-refractivity contribution >= 4 is 5.91 Å². The molecule has 4 heteroatoms. The van der Waals surface area contributed by atoms with Gasteiger partial charge in [0.2, 0.25) is 5.91 Å². The minimum atomic E-state index is 0.105. The Hall–Kier alpha value is -0.610. The zero-order chi connectivity index (χ0) is 9.52. The highest BCUT2D eigenvalue weighted by Crippen LogP contribution is 2.00. The smallest absolute Gasteiger partial charge is 0.220 e. The van der Waals surface area contributed by atoms with Crippen LogP contribution in [0, 0.1) is 0 Å². The molecule has 0 atom stereocenters. The van der Waals surface area contributed by atoms with Crippen molar-refractivity contribution in [1.29, 1.82) is 0 Å². The van der Waals surface area contributed by atoms with Crippen LogP contribution in [0.2, 0.25) is 0 Å². The molecule has 13 heavy (non-hydrogen) atoms. The molecule has 1 amide bonds. The van der Waals surface area contributed by atoms with Gasteiger partial charge in [0.1, 0.15) is 0 Å². The van der Waals surface area contributed by atoms with Gasteiger partial charge < -0.3 is 14.8 Å². The molecule has 0 aromatic carbocycles. The van der Waals surface area contributed by atoms with Gasteiger partial charge in [0.25, 0.3) is 0 Å². The maximum Gasteiger partial charge on any atom is 0.220 e. The van der Waals surface area contributed by atoms with E-state index in [1.54, 1.807) is 0 Å². The molecule has 1 saturated heterocycles. The van der Waals surface area contributed by atoms with Crippen molar-refractivity contribution in [2.45, 2.75) is 25.8 Å². The fraction of sp³-hybridized carbons (Fsp3) is 0.889. The van der Waals surface area contributed by atoms with Gasteiger partial charge in [0.15, 0.2) is 0 Å². The predicted molar refractivity (Wildman–Crippen MR) is 48.5 cm³/mol. The Kier molecular flexibility index (Phi) is 4.78.